The van der Waals surface area contributed by atoms with Gasteiger partial charge in [-0.1, -0.05) is 25.3 Å². The van der Waals surface area contributed by atoms with Crippen molar-refractivity contribution < 1.29 is 9.13 Å². The number of hydrogen-bond donors (Lipinski definition) is 1. The van der Waals surface area contributed by atoms with E-state index in [9.17, 15) is 4.39 Å². The Morgan fingerprint density at radius 3 is 2.76 bits per heavy atom. The zero-order valence-electron chi connectivity index (χ0n) is 9.72. The molecule has 0 spiro atoms. The van der Waals surface area contributed by atoms with Gasteiger partial charge < -0.3 is 10.5 Å². The van der Waals surface area contributed by atoms with Crippen molar-refractivity contribution in [1.82, 2.24) is 0 Å². The number of hydrogen-bond acceptors (Lipinski definition) is 2. The molecule has 0 amide bonds. The van der Waals surface area contributed by atoms with Crippen LogP contribution in [0.3, 0.4) is 0 Å². The number of halogens is 2. The first-order chi connectivity index (χ1) is 8.22. The molecule has 0 aliphatic heterocycles. The van der Waals surface area contributed by atoms with Crippen molar-refractivity contribution in [2.24, 2.45) is 11.7 Å². The standard InChI is InChI=1S/C13H17BrFNO/c14-12-10(8-16)4-5-11(13(12)15)17-7-6-9-2-1-3-9/h4-5,9H,1-3,6-8,16H2. The summed E-state index contributed by atoms with van der Waals surface area (Å²) in [7, 11) is 0. The van der Waals surface area contributed by atoms with Crippen LogP contribution in [-0.4, -0.2) is 6.61 Å². The largest absolute Gasteiger partial charge is 0.490 e. The molecule has 0 unspecified atom stereocenters. The van der Waals surface area contributed by atoms with Gasteiger partial charge in [-0.15, -0.1) is 0 Å². The second-order valence-corrected chi connectivity index (χ2v) is 5.28. The van der Waals surface area contributed by atoms with Crippen LogP contribution in [0.25, 0.3) is 0 Å². The summed E-state index contributed by atoms with van der Waals surface area (Å²) < 4.78 is 19.7. The fraction of sp³-hybridized carbons (Fsp3) is 0.538. The summed E-state index contributed by atoms with van der Waals surface area (Å²) in [5.41, 5.74) is 6.26. The highest BCUT2D eigenvalue weighted by atomic mass is 79.9. The van der Waals surface area contributed by atoms with E-state index < -0.39 is 0 Å². The molecule has 94 valence electrons. The third kappa shape index (κ3) is 2.99. The predicted octanol–water partition coefficient (Wildman–Crippen LogP) is 3.62. The molecule has 1 fully saturated rings. The van der Waals surface area contributed by atoms with Crippen molar-refractivity contribution in [2.45, 2.75) is 32.2 Å². The normalized spacial score (nSPS) is 15.7. The number of benzene rings is 1. The highest BCUT2D eigenvalue weighted by Gasteiger charge is 2.17. The molecular formula is C13H17BrFNO. The fourth-order valence-electron chi connectivity index (χ4n) is 1.96. The molecule has 2 N–H and O–H groups in total. The molecule has 1 aliphatic rings. The van der Waals surface area contributed by atoms with Crippen LogP contribution < -0.4 is 10.5 Å². The monoisotopic (exact) mass is 301 g/mol. The number of nitrogens with two attached hydrogens (primary N) is 1. The maximum absolute atomic E-state index is 13.8. The summed E-state index contributed by atoms with van der Waals surface area (Å²) in [6, 6.07) is 3.45. The summed E-state index contributed by atoms with van der Waals surface area (Å²) in [4.78, 5) is 0. The van der Waals surface area contributed by atoms with Crippen molar-refractivity contribution in [2.75, 3.05) is 6.61 Å². The lowest BCUT2D eigenvalue weighted by atomic mass is 9.83. The second-order valence-electron chi connectivity index (χ2n) is 4.49. The minimum atomic E-state index is -0.346. The molecule has 2 nitrogen and oxygen atoms in total. The van der Waals surface area contributed by atoms with Gasteiger partial charge in [0.25, 0.3) is 0 Å². The van der Waals surface area contributed by atoms with Crippen molar-refractivity contribution in [1.29, 1.82) is 0 Å². The van der Waals surface area contributed by atoms with E-state index in [1.807, 2.05) is 0 Å². The van der Waals surface area contributed by atoms with Gasteiger partial charge in [0.15, 0.2) is 11.6 Å². The van der Waals surface area contributed by atoms with E-state index in [0.29, 0.717) is 23.4 Å². The molecule has 4 heteroatoms. The first-order valence-electron chi connectivity index (χ1n) is 6.02. The quantitative estimate of drug-likeness (QED) is 0.901. The molecule has 1 aliphatic carbocycles. The Morgan fingerprint density at radius 1 is 1.41 bits per heavy atom. The van der Waals surface area contributed by atoms with Crippen LogP contribution in [0.1, 0.15) is 31.2 Å². The zero-order valence-corrected chi connectivity index (χ0v) is 11.3. The fourth-order valence-corrected chi connectivity index (χ4v) is 2.45. The lowest BCUT2D eigenvalue weighted by Crippen LogP contribution is -2.14. The Balaban J connectivity index is 1.93. The van der Waals surface area contributed by atoms with Crippen LogP contribution in [0.2, 0.25) is 0 Å². The third-order valence-corrected chi connectivity index (χ3v) is 4.21. The lowest BCUT2D eigenvalue weighted by molar-refractivity contribution is 0.216. The molecule has 0 aromatic heterocycles. The average Bonchev–Trinajstić information content (AvgIpc) is 2.27. The highest BCUT2D eigenvalue weighted by molar-refractivity contribution is 9.10. The summed E-state index contributed by atoms with van der Waals surface area (Å²) in [6.45, 7) is 0.913. The zero-order chi connectivity index (χ0) is 12.3. The van der Waals surface area contributed by atoms with Gasteiger partial charge in [0.2, 0.25) is 0 Å². The van der Waals surface area contributed by atoms with Crippen molar-refractivity contribution in [3.63, 3.8) is 0 Å². The molecule has 1 aromatic carbocycles. The van der Waals surface area contributed by atoms with E-state index in [2.05, 4.69) is 15.9 Å². The molecule has 0 heterocycles. The van der Waals surface area contributed by atoms with Crippen molar-refractivity contribution >= 4 is 15.9 Å². The van der Waals surface area contributed by atoms with Crippen LogP contribution in [-0.2, 0) is 6.54 Å². The molecular weight excluding hydrogens is 285 g/mol. The van der Waals surface area contributed by atoms with Crippen LogP contribution in [0.15, 0.2) is 16.6 Å². The molecule has 0 radical (unpaired) electrons. The van der Waals surface area contributed by atoms with E-state index >= 15 is 0 Å². The average molecular weight is 302 g/mol. The van der Waals surface area contributed by atoms with Crippen molar-refractivity contribution in [3.05, 3.63) is 28.0 Å². The van der Waals surface area contributed by atoms with E-state index in [0.717, 1.165) is 17.9 Å². The Morgan fingerprint density at radius 2 is 2.18 bits per heavy atom. The van der Waals surface area contributed by atoms with Gasteiger partial charge in [-0.05, 0) is 39.9 Å². The van der Waals surface area contributed by atoms with E-state index in [4.69, 9.17) is 10.5 Å². The summed E-state index contributed by atoms with van der Waals surface area (Å²) in [5.74, 6) is 0.750. The summed E-state index contributed by atoms with van der Waals surface area (Å²) in [6.07, 6.45) is 4.94. The second kappa shape index (κ2) is 5.83. The van der Waals surface area contributed by atoms with Crippen LogP contribution >= 0.6 is 15.9 Å². The molecule has 17 heavy (non-hydrogen) atoms. The maximum atomic E-state index is 13.8. The highest BCUT2D eigenvalue weighted by Crippen LogP contribution is 2.31. The van der Waals surface area contributed by atoms with Gasteiger partial charge in [0.05, 0.1) is 11.1 Å². The van der Waals surface area contributed by atoms with E-state index in [1.165, 1.54) is 19.3 Å². The first kappa shape index (κ1) is 12.8. The number of rotatable bonds is 5. The Kier molecular flexibility index (Phi) is 4.40. The smallest absolute Gasteiger partial charge is 0.179 e. The maximum Gasteiger partial charge on any atom is 0.179 e. The summed E-state index contributed by atoms with van der Waals surface area (Å²) >= 11 is 3.20. The Bertz CT molecular complexity index is 393. The molecule has 0 saturated heterocycles. The molecule has 1 saturated carbocycles. The minimum Gasteiger partial charge on any atom is -0.490 e. The first-order valence-corrected chi connectivity index (χ1v) is 6.81. The van der Waals surface area contributed by atoms with E-state index in [-0.39, 0.29) is 5.82 Å². The Labute approximate surface area is 109 Å². The van der Waals surface area contributed by atoms with Crippen LogP contribution in [0.4, 0.5) is 4.39 Å². The van der Waals surface area contributed by atoms with Crippen LogP contribution in [0, 0.1) is 11.7 Å². The SMILES string of the molecule is NCc1ccc(OCCC2CCC2)c(F)c1Br. The van der Waals surface area contributed by atoms with Gasteiger partial charge in [-0.2, -0.15) is 0 Å². The van der Waals surface area contributed by atoms with Crippen LogP contribution in [0.5, 0.6) is 5.75 Å². The molecule has 1 aromatic rings. The lowest BCUT2D eigenvalue weighted by Gasteiger charge is -2.25. The van der Waals surface area contributed by atoms with Gasteiger partial charge in [-0.3, -0.25) is 0 Å². The molecule has 0 atom stereocenters. The van der Waals surface area contributed by atoms with E-state index in [1.54, 1.807) is 12.1 Å². The van der Waals surface area contributed by atoms with Crippen molar-refractivity contribution in [3.8, 4) is 5.75 Å². The third-order valence-electron chi connectivity index (χ3n) is 3.36. The molecule has 0 bridgehead atoms. The van der Waals surface area contributed by atoms with Gasteiger partial charge in [-0.25, -0.2) is 4.39 Å². The predicted molar refractivity (Wildman–Crippen MR) is 69.4 cm³/mol. The summed E-state index contributed by atoms with van der Waals surface area (Å²) in [5, 5.41) is 0. The molecule has 2 rings (SSSR count). The van der Waals surface area contributed by atoms with Gasteiger partial charge in [0, 0.05) is 6.54 Å². The number of ether oxygens (including phenoxy) is 1. The minimum absolute atomic E-state index is 0.313. The van der Waals surface area contributed by atoms with Gasteiger partial charge in [0.1, 0.15) is 0 Å². The topological polar surface area (TPSA) is 35.2 Å². The van der Waals surface area contributed by atoms with Gasteiger partial charge >= 0.3 is 0 Å². The Hall–Kier alpha value is -0.610.